The van der Waals surface area contributed by atoms with Crippen LogP contribution in [-0.2, 0) is 6.42 Å². The molecule has 13 nitrogen and oxygen atoms in total. The number of hydrogen-bond acceptors (Lipinski definition) is 10. The molecule has 17 aromatic carbocycles. The molecule has 0 saturated heterocycles. The Bertz CT molecular complexity index is 8980. The van der Waals surface area contributed by atoms with Crippen molar-refractivity contribution in [2.75, 3.05) is 0 Å². The van der Waals surface area contributed by atoms with Crippen LogP contribution < -0.4 is 0 Å². The van der Waals surface area contributed by atoms with Crippen LogP contribution in [-0.4, -0.2) is 43.6 Å². The first-order valence-corrected chi connectivity index (χ1v) is 43.3. The Morgan fingerprint density at radius 1 is 0.311 bits per heavy atom. The average Bonchev–Trinajstić information content (AvgIpc) is 1.55. The molecule has 7 aromatic heterocycles. The van der Waals surface area contributed by atoms with Crippen molar-refractivity contribution in [3.8, 4) is 120 Å². The number of aromatic nitrogens is 9. The number of para-hydroxylation sites is 5. The normalized spacial score (nSPS) is 11.9. The largest absolute Gasteiger partial charge is 0.455 e. The summed E-state index contributed by atoms with van der Waals surface area (Å²) in [5.74, 6) is 2.35. The maximum absolute atomic E-state index is 13.9. The fraction of sp³-hybridized carbons (Fsp3) is 0.0169. The summed E-state index contributed by atoms with van der Waals surface area (Å²) in [5.41, 5.74) is 27.7. The highest BCUT2D eigenvalue weighted by Crippen LogP contribution is 2.49. The minimum atomic E-state index is -0.577. The van der Waals surface area contributed by atoms with Crippen LogP contribution in [0.5, 0.6) is 0 Å². The van der Waals surface area contributed by atoms with Gasteiger partial charge in [-0.05, 0) is 155 Å². The summed E-state index contributed by atoms with van der Waals surface area (Å²) in [6.07, 6.45) is 11.7. The molecule has 0 atom stereocenters. The topological polar surface area (TPSA) is 166 Å². The van der Waals surface area contributed by atoms with Crippen LogP contribution in [0.15, 0.2) is 415 Å². The summed E-state index contributed by atoms with van der Waals surface area (Å²) in [4.78, 5) is 29.1. The molecular weight excluding hydrogens is 1620 g/mol. The minimum absolute atomic E-state index is 0. The van der Waals surface area contributed by atoms with Crippen molar-refractivity contribution in [1.82, 2.24) is 43.6 Å². The van der Waals surface area contributed by atoms with E-state index in [0.717, 1.165) is 145 Å². The molecule has 0 saturated carbocycles. The van der Waals surface area contributed by atoms with Crippen molar-refractivity contribution < 1.29 is 13.2 Å². The molecule has 0 fully saturated rings. The molecule has 14 heteroatoms. The van der Waals surface area contributed by atoms with E-state index in [4.69, 9.17) is 28.8 Å². The van der Waals surface area contributed by atoms with E-state index >= 15 is 0 Å². The zero-order valence-electron chi connectivity index (χ0n) is 70.0. The lowest BCUT2D eigenvalue weighted by atomic mass is 10.00. The van der Waals surface area contributed by atoms with Crippen molar-refractivity contribution in [2.45, 2.75) is 13.8 Å². The van der Waals surface area contributed by atoms with Crippen LogP contribution in [0.3, 0.4) is 0 Å². The predicted molar refractivity (Wildman–Crippen MR) is 531 cm³/mol. The van der Waals surface area contributed by atoms with E-state index in [1.54, 1.807) is 6.07 Å². The van der Waals surface area contributed by atoms with Gasteiger partial charge in [0, 0.05) is 111 Å². The van der Waals surface area contributed by atoms with E-state index in [9.17, 15) is 14.9 Å². The molecule has 0 spiro atoms. The molecule has 132 heavy (non-hydrogen) atoms. The van der Waals surface area contributed by atoms with Crippen LogP contribution in [0, 0.1) is 34.6 Å². The summed E-state index contributed by atoms with van der Waals surface area (Å²) in [7, 11) is 0. The second-order valence-electron chi connectivity index (χ2n) is 32.6. The second kappa shape index (κ2) is 32.7. The number of benzene rings is 17. The number of allylic oxidation sites excluding steroid dienone is 6. The Hall–Kier alpha value is -18.2. The summed E-state index contributed by atoms with van der Waals surface area (Å²) in [6, 6.07) is 134. The van der Waals surface area contributed by atoms with Gasteiger partial charge in [0.2, 0.25) is 0 Å². The van der Waals surface area contributed by atoms with Gasteiger partial charge in [-0.25, -0.2) is 34.3 Å². The van der Waals surface area contributed by atoms with Gasteiger partial charge in [0.15, 0.2) is 40.5 Å². The number of hydrogen-bond donors (Lipinski definition) is 0. The van der Waals surface area contributed by atoms with Crippen molar-refractivity contribution in [3.63, 3.8) is 0 Å². The smallest absolute Gasteiger partial charge is 0.164 e. The highest BCUT2D eigenvalue weighted by atomic mass is 19.1. The lowest BCUT2D eigenvalue weighted by Gasteiger charge is -2.13. The molecule has 26 rings (SSSR count). The minimum Gasteiger partial charge on any atom is -0.455 e. The standard InChI is InChI=1S/C58H34N6O.C31H19NO.C28H16FN4.CH4/c59-35-41-34-40(58-61-56(37-17-6-2-7-18-37)60-57(62-58)39-20-14-19-38(33-39)36-15-4-1-5-16-36)27-31-48(41)64-49-25-12-10-23-43(49)44-28-29-46-45-30-32-51-52(54(45)65-55(46)53(44)64)47-24-11-13-26-50(47)63(51)42-21-8-3-9-22-42;1-2-9-20(10-3-1)32-27-13-7-6-12-25(27)29-28(32)17-16-24-23-15-14-22-21-11-5-4-8-19(21)18-26(22)30(23)33-31(24)29;29-25-15-14-23(17-24(25)18-30)28-32-26(20-10-5-2-6-11-20)31-27(33-28)22-13-7-12-21(16-22)19-8-3-1-4-9-19;/h1-34H;1-17H,18H2;2-17H;1H4/q;;+1;. The second-order valence-corrected chi connectivity index (χ2v) is 32.6. The van der Waals surface area contributed by atoms with Gasteiger partial charge in [0.05, 0.1) is 78.4 Å². The highest BCUT2D eigenvalue weighted by molar-refractivity contribution is 6.28. The van der Waals surface area contributed by atoms with Gasteiger partial charge in [0.1, 0.15) is 46.9 Å². The zero-order chi connectivity index (χ0) is 87.2. The van der Waals surface area contributed by atoms with Crippen LogP contribution >= 0.6 is 0 Å². The fourth-order valence-corrected chi connectivity index (χ4v) is 19.0. The van der Waals surface area contributed by atoms with Gasteiger partial charge >= 0.3 is 0 Å². The maximum atomic E-state index is 13.9. The summed E-state index contributed by atoms with van der Waals surface area (Å²) in [6.45, 7) is 0. The molecule has 618 valence electrons. The van der Waals surface area contributed by atoms with Gasteiger partial charge in [-0.3, -0.25) is 0 Å². The van der Waals surface area contributed by atoms with Crippen LogP contribution in [0.25, 0.3) is 223 Å². The van der Waals surface area contributed by atoms with Crippen LogP contribution in [0.4, 0.5) is 4.39 Å². The fourth-order valence-electron chi connectivity index (χ4n) is 19.0. The highest BCUT2D eigenvalue weighted by Gasteiger charge is 2.29. The van der Waals surface area contributed by atoms with E-state index < -0.39 is 5.82 Å². The number of furan rings is 2. The number of rotatable bonds is 11. The van der Waals surface area contributed by atoms with E-state index in [2.05, 4.69) is 254 Å². The van der Waals surface area contributed by atoms with E-state index in [0.29, 0.717) is 51.6 Å². The van der Waals surface area contributed by atoms with Gasteiger partial charge in [-0.2, -0.15) is 10.5 Å². The van der Waals surface area contributed by atoms with Gasteiger partial charge in [-0.1, -0.05) is 262 Å². The third kappa shape index (κ3) is 13.4. The molecular formula is C118H73FN11O2+. The van der Waals surface area contributed by atoms with E-state index in [-0.39, 0.29) is 13.0 Å². The number of halogens is 1. The molecule has 0 radical (unpaired) electrons. The van der Waals surface area contributed by atoms with Crippen molar-refractivity contribution in [3.05, 3.63) is 446 Å². The lowest BCUT2D eigenvalue weighted by molar-refractivity contribution is 0.624. The Balaban J connectivity index is 0.000000124. The zero-order valence-corrected chi connectivity index (χ0v) is 70.0. The molecule has 0 N–H and O–H groups in total. The first-order chi connectivity index (χ1) is 64.8. The van der Waals surface area contributed by atoms with Crippen LogP contribution in [0.2, 0.25) is 0 Å². The average molecular weight is 1700 g/mol. The Labute approximate surface area is 757 Å². The third-order valence-electron chi connectivity index (χ3n) is 25.0. The summed E-state index contributed by atoms with van der Waals surface area (Å²) < 4.78 is 34.7. The first kappa shape index (κ1) is 78.5. The SMILES string of the molecule is C.N#Cc1cc(-c2nc(-c3ccccc3)nc(-c3cccc(-c4ccccc4)c3)n2)ccc1-n1c2ccccc2c2ccc3c4ccc5c(c6ccccc6n5-c5ccccc5)c4oc3c21.N#Cc1cc(-c2nc(-c3ccccc3)nc(-c3cccc(C4=CC=[C+]C=C4)c3)n2)ccc1F.c1ccc(-n2c3ccccc3c3c4oc5c6c(ccc5c4ccc32)-c2ccccc2C6)cc1. The number of fused-ring (bicyclic) bond motifs is 22. The summed E-state index contributed by atoms with van der Waals surface area (Å²) >= 11 is 0. The van der Waals surface area contributed by atoms with Crippen molar-refractivity contribution in [1.29, 1.82) is 10.5 Å². The quantitative estimate of drug-likeness (QED) is 0.114. The Morgan fingerprint density at radius 3 is 1.29 bits per heavy atom. The lowest BCUT2D eigenvalue weighted by Crippen LogP contribution is -2.02. The Kier molecular flexibility index (Phi) is 19.4. The van der Waals surface area contributed by atoms with Gasteiger partial charge in [0.25, 0.3) is 0 Å². The summed E-state index contributed by atoms with van der Waals surface area (Å²) in [5, 5.41) is 31.4. The van der Waals surface area contributed by atoms with E-state index in [1.165, 1.54) is 67.0 Å². The molecule has 2 aliphatic rings. The predicted octanol–water partition coefficient (Wildman–Crippen LogP) is 29.6. The van der Waals surface area contributed by atoms with Gasteiger partial charge < -0.3 is 22.5 Å². The van der Waals surface area contributed by atoms with Crippen LogP contribution in [0.1, 0.15) is 35.2 Å². The first-order valence-electron chi connectivity index (χ1n) is 43.3. The van der Waals surface area contributed by atoms with Crippen molar-refractivity contribution in [2.24, 2.45) is 0 Å². The van der Waals surface area contributed by atoms with Gasteiger partial charge in [-0.15, -0.1) is 0 Å². The molecule has 0 aliphatic heterocycles. The number of nitriles is 2. The van der Waals surface area contributed by atoms with Crippen molar-refractivity contribution >= 4 is 115 Å². The molecule has 24 aromatic rings. The Morgan fingerprint density at radius 2 is 0.727 bits per heavy atom. The van der Waals surface area contributed by atoms with E-state index in [1.807, 2.05) is 176 Å². The molecule has 0 amide bonds. The number of nitrogens with zero attached hydrogens (tertiary/aromatic N) is 11. The monoisotopic (exact) mass is 1690 g/mol. The molecule has 0 bridgehead atoms. The maximum Gasteiger partial charge on any atom is 0.164 e. The molecule has 2 aliphatic carbocycles. The molecule has 7 heterocycles. The molecule has 0 unspecified atom stereocenters. The third-order valence-corrected chi connectivity index (χ3v) is 25.0.